The molecular weight excluding hydrogens is 256 g/mol. The molecule has 0 aliphatic carbocycles. The molecule has 1 aliphatic rings. The molecule has 0 unspecified atom stereocenters. The predicted octanol–water partition coefficient (Wildman–Crippen LogP) is 2.44. The molecule has 4 atom stereocenters. The van der Waals surface area contributed by atoms with Gasteiger partial charge in [-0.3, -0.25) is 0 Å². The molecule has 0 saturated carbocycles. The highest BCUT2D eigenvalue weighted by molar-refractivity contribution is 5.20. The van der Waals surface area contributed by atoms with Crippen molar-refractivity contribution in [2.45, 2.75) is 37.9 Å². The van der Waals surface area contributed by atoms with Gasteiger partial charge in [0, 0.05) is 20.1 Å². The molecule has 0 aromatic heterocycles. The van der Waals surface area contributed by atoms with Crippen molar-refractivity contribution in [1.82, 2.24) is 0 Å². The lowest BCUT2D eigenvalue weighted by atomic mass is 9.99. The Bertz CT molecular complexity index is 418. The molecular formula is C16H22O4. The third-order valence-corrected chi connectivity index (χ3v) is 3.34. The third kappa shape index (κ3) is 3.67. The summed E-state index contributed by atoms with van der Waals surface area (Å²) in [5, 5.41) is 10.5. The van der Waals surface area contributed by atoms with Crippen LogP contribution in [0.25, 0.3) is 0 Å². The lowest BCUT2D eigenvalue weighted by Gasteiger charge is -2.32. The van der Waals surface area contributed by atoms with Crippen LogP contribution in [0.3, 0.4) is 0 Å². The molecule has 1 aliphatic heterocycles. The minimum absolute atomic E-state index is 0.294. The van der Waals surface area contributed by atoms with E-state index in [0.717, 1.165) is 5.56 Å². The van der Waals surface area contributed by atoms with E-state index in [0.29, 0.717) is 13.0 Å². The van der Waals surface area contributed by atoms with Gasteiger partial charge in [0.2, 0.25) is 0 Å². The first-order valence-corrected chi connectivity index (χ1v) is 6.95. The number of aliphatic hydroxyl groups excluding tert-OH is 1. The summed E-state index contributed by atoms with van der Waals surface area (Å²) < 4.78 is 16.7. The van der Waals surface area contributed by atoms with Crippen LogP contribution in [0.15, 0.2) is 42.5 Å². The number of ether oxygens (including phenoxy) is 3. The van der Waals surface area contributed by atoms with Crippen molar-refractivity contribution < 1.29 is 19.3 Å². The van der Waals surface area contributed by atoms with Crippen LogP contribution in [0.2, 0.25) is 0 Å². The highest BCUT2D eigenvalue weighted by atomic mass is 16.7. The van der Waals surface area contributed by atoms with E-state index in [1.54, 1.807) is 7.11 Å². The third-order valence-electron chi connectivity index (χ3n) is 3.34. The van der Waals surface area contributed by atoms with E-state index in [1.807, 2.05) is 49.4 Å². The number of hydrogen-bond acceptors (Lipinski definition) is 4. The van der Waals surface area contributed by atoms with E-state index in [-0.39, 0.29) is 6.29 Å². The molecule has 1 aromatic rings. The minimum Gasteiger partial charge on any atom is -0.387 e. The van der Waals surface area contributed by atoms with Gasteiger partial charge in [-0.2, -0.15) is 0 Å². The van der Waals surface area contributed by atoms with Gasteiger partial charge >= 0.3 is 0 Å². The molecule has 4 heteroatoms. The molecule has 0 fully saturated rings. The summed E-state index contributed by atoms with van der Waals surface area (Å²) in [5.74, 6) is 0. The van der Waals surface area contributed by atoms with Gasteiger partial charge in [-0.25, -0.2) is 0 Å². The maximum absolute atomic E-state index is 10.5. The van der Waals surface area contributed by atoms with Gasteiger partial charge in [0.15, 0.2) is 6.29 Å². The van der Waals surface area contributed by atoms with Crippen molar-refractivity contribution in [2.75, 3.05) is 13.7 Å². The fourth-order valence-electron chi connectivity index (χ4n) is 2.38. The van der Waals surface area contributed by atoms with E-state index in [4.69, 9.17) is 14.2 Å². The monoisotopic (exact) mass is 278 g/mol. The number of methoxy groups -OCH3 is 1. The first kappa shape index (κ1) is 15.2. The van der Waals surface area contributed by atoms with Gasteiger partial charge in [0.1, 0.15) is 18.3 Å². The Hall–Kier alpha value is -1.20. The van der Waals surface area contributed by atoms with Gasteiger partial charge in [-0.1, -0.05) is 42.5 Å². The molecule has 0 radical (unpaired) electrons. The summed E-state index contributed by atoms with van der Waals surface area (Å²) in [6.07, 6.45) is 2.64. The molecule has 0 saturated heterocycles. The summed E-state index contributed by atoms with van der Waals surface area (Å²) >= 11 is 0. The van der Waals surface area contributed by atoms with Crippen LogP contribution in [0.1, 0.15) is 25.0 Å². The first-order chi connectivity index (χ1) is 9.76. The van der Waals surface area contributed by atoms with E-state index < -0.39 is 18.3 Å². The predicted molar refractivity (Wildman–Crippen MR) is 76.2 cm³/mol. The fourth-order valence-corrected chi connectivity index (χ4v) is 2.38. The van der Waals surface area contributed by atoms with Crippen LogP contribution in [-0.2, 0) is 14.2 Å². The number of rotatable bonds is 6. The lowest BCUT2D eigenvalue weighted by molar-refractivity contribution is -0.194. The number of hydrogen-bond donors (Lipinski definition) is 1. The van der Waals surface area contributed by atoms with Gasteiger partial charge in [0.05, 0.1) is 0 Å². The maximum atomic E-state index is 10.5. The Labute approximate surface area is 120 Å². The van der Waals surface area contributed by atoms with E-state index >= 15 is 0 Å². The Morgan fingerprint density at radius 3 is 2.75 bits per heavy atom. The Morgan fingerprint density at radius 1 is 1.35 bits per heavy atom. The largest absolute Gasteiger partial charge is 0.387 e. The van der Waals surface area contributed by atoms with Crippen LogP contribution in [-0.4, -0.2) is 37.3 Å². The Balaban J connectivity index is 2.07. The van der Waals surface area contributed by atoms with Crippen molar-refractivity contribution >= 4 is 0 Å². The zero-order valence-electron chi connectivity index (χ0n) is 11.9. The van der Waals surface area contributed by atoms with E-state index in [9.17, 15) is 5.11 Å². The van der Waals surface area contributed by atoms with Crippen molar-refractivity contribution in [3.63, 3.8) is 0 Å². The standard InChI is InChI=1S/C16H22O4/c1-3-19-14-11-7-10-13(20-14)15(17)16(18-2)12-8-5-4-6-9-12/h4-10,13-17H,3,11H2,1-2H3/t13-,14+,15+,16-/m1/s1. The van der Waals surface area contributed by atoms with Gasteiger partial charge < -0.3 is 19.3 Å². The quantitative estimate of drug-likeness (QED) is 0.812. The molecule has 0 bridgehead atoms. The first-order valence-electron chi connectivity index (χ1n) is 6.95. The van der Waals surface area contributed by atoms with E-state index in [1.165, 1.54) is 0 Å². The lowest BCUT2D eigenvalue weighted by Crippen LogP contribution is -2.39. The molecule has 20 heavy (non-hydrogen) atoms. The molecule has 110 valence electrons. The maximum Gasteiger partial charge on any atom is 0.161 e. The second-order valence-electron chi connectivity index (χ2n) is 4.71. The fraction of sp³-hybridized carbons (Fsp3) is 0.500. The van der Waals surface area contributed by atoms with Gasteiger partial charge in [-0.15, -0.1) is 0 Å². The topological polar surface area (TPSA) is 47.9 Å². The van der Waals surface area contributed by atoms with Crippen molar-refractivity contribution in [3.8, 4) is 0 Å². The van der Waals surface area contributed by atoms with Crippen molar-refractivity contribution in [1.29, 1.82) is 0 Å². The van der Waals surface area contributed by atoms with Crippen molar-refractivity contribution in [3.05, 3.63) is 48.0 Å². The van der Waals surface area contributed by atoms with Crippen LogP contribution in [0.5, 0.6) is 0 Å². The highest BCUT2D eigenvalue weighted by Gasteiger charge is 2.31. The summed E-state index contributed by atoms with van der Waals surface area (Å²) in [5.41, 5.74) is 0.929. The Kier molecular flexibility index (Phi) is 5.73. The van der Waals surface area contributed by atoms with E-state index in [2.05, 4.69) is 0 Å². The molecule has 1 aromatic carbocycles. The highest BCUT2D eigenvalue weighted by Crippen LogP contribution is 2.27. The SMILES string of the molecule is CCO[C@@H]1CC=C[C@H]([C@H](O)[C@H](OC)c2ccccc2)O1. The average Bonchev–Trinajstić information content (AvgIpc) is 2.50. The minimum atomic E-state index is -0.776. The van der Waals surface area contributed by atoms with Gasteiger partial charge in [-0.05, 0) is 12.5 Å². The smallest absolute Gasteiger partial charge is 0.161 e. The summed E-state index contributed by atoms with van der Waals surface area (Å²) in [6.45, 7) is 2.52. The molecule has 0 amide bonds. The molecule has 1 heterocycles. The second kappa shape index (κ2) is 7.55. The van der Waals surface area contributed by atoms with Crippen LogP contribution in [0, 0.1) is 0 Å². The van der Waals surface area contributed by atoms with Crippen molar-refractivity contribution in [2.24, 2.45) is 0 Å². The van der Waals surface area contributed by atoms with Crippen LogP contribution >= 0.6 is 0 Å². The molecule has 4 nitrogen and oxygen atoms in total. The summed E-state index contributed by atoms with van der Waals surface area (Å²) in [6, 6.07) is 9.65. The zero-order chi connectivity index (χ0) is 14.4. The zero-order valence-corrected chi connectivity index (χ0v) is 11.9. The normalized spacial score (nSPS) is 25.4. The van der Waals surface area contributed by atoms with Crippen LogP contribution in [0.4, 0.5) is 0 Å². The molecule has 0 spiro atoms. The number of aliphatic hydroxyl groups is 1. The molecule has 1 N–H and O–H groups in total. The van der Waals surface area contributed by atoms with Crippen LogP contribution < -0.4 is 0 Å². The summed E-state index contributed by atoms with van der Waals surface area (Å²) in [4.78, 5) is 0. The van der Waals surface area contributed by atoms with Gasteiger partial charge in [0.25, 0.3) is 0 Å². The summed E-state index contributed by atoms with van der Waals surface area (Å²) in [7, 11) is 1.59. The number of benzene rings is 1. The molecule has 2 rings (SSSR count). The average molecular weight is 278 g/mol. The Morgan fingerprint density at radius 2 is 2.10 bits per heavy atom. The second-order valence-corrected chi connectivity index (χ2v) is 4.71.